The van der Waals surface area contributed by atoms with Gasteiger partial charge in [0, 0.05) is 36.8 Å². The summed E-state index contributed by atoms with van der Waals surface area (Å²) in [5.74, 6) is 2.34. The van der Waals surface area contributed by atoms with Crippen molar-refractivity contribution in [3.63, 3.8) is 0 Å². The van der Waals surface area contributed by atoms with Gasteiger partial charge in [-0.15, -0.1) is 0 Å². The highest BCUT2D eigenvalue weighted by Crippen LogP contribution is 2.35. The number of likely N-dealkylation sites (tertiary alicyclic amines) is 1. The van der Waals surface area contributed by atoms with Crippen molar-refractivity contribution in [2.24, 2.45) is 5.73 Å². The summed E-state index contributed by atoms with van der Waals surface area (Å²) < 4.78 is 0. The van der Waals surface area contributed by atoms with Gasteiger partial charge >= 0.3 is 0 Å². The van der Waals surface area contributed by atoms with Crippen LogP contribution in [0.5, 0.6) is 0 Å². The molecule has 0 aromatic carbocycles. The van der Waals surface area contributed by atoms with Crippen LogP contribution in [0.2, 0.25) is 0 Å². The Hall–Kier alpha value is -1.00. The highest BCUT2D eigenvalue weighted by atomic mass is 15.1. The average molecular weight is 260 g/mol. The molecule has 2 fully saturated rings. The van der Waals surface area contributed by atoms with Crippen molar-refractivity contribution >= 4 is 0 Å². The zero-order valence-electron chi connectivity index (χ0n) is 11.6. The van der Waals surface area contributed by atoms with Gasteiger partial charge in [-0.25, -0.2) is 9.97 Å². The standard InChI is InChI=1S/C15H24N4/c16-7-11-19-9-5-13(6-10-19)15-17-8-4-14(18-15)12-2-1-3-12/h4,8,12-13H,1-3,5-7,9-11,16H2. The molecule has 2 aliphatic rings. The molecule has 0 atom stereocenters. The summed E-state index contributed by atoms with van der Waals surface area (Å²) in [4.78, 5) is 11.8. The lowest BCUT2D eigenvalue weighted by Crippen LogP contribution is -2.36. The van der Waals surface area contributed by atoms with Crippen LogP contribution in [0.4, 0.5) is 0 Å². The van der Waals surface area contributed by atoms with Crippen LogP contribution in [0.15, 0.2) is 12.3 Å². The van der Waals surface area contributed by atoms with E-state index in [2.05, 4.69) is 16.0 Å². The lowest BCUT2D eigenvalue weighted by molar-refractivity contribution is 0.214. The van der Waals surface area contributed by atoms with Crippen LogP contribution in [0.3, 0.4) is 0 Å². The summed E-state index contributed by atoms with van der Waals surface area (Å²) >= 11 is 0. The molecule has 2 N–H and O–H groups in total. The third kappa shape index (κ3) is 2.95. The number of nitrogens with zero attached hydrogens (tertiary/aromatic N) is 3. The molecule has 0 unspecified atom stereocenters. The Labute approximate surface area is 115 Å². The first-order valence-electron chi connectivity index (χ1n) is 7.62. The molecule has 1 aliphatic carbocycles. The van der Waals surface area contributed by atoms with E-state index in [1.807, 2.05) is 6.20 Å². The lowest BCUT2D eigenvalue weighted by Gasteiger charge is -2.31. The fourth-order valence-corrected chi connectivity index (χ4v) is 3.11. The molecule has 0 amide bonds. The molecule has 104 valence electrons. The van der Waals surface area contributed by atoms with Crippen molar-refractivity contribution < 1.29 is 0 Å². The molecule has 1 aromatic heterocycles. The number of rotatable bonds is 4. The Morgan fingerprint density at radius 2 is 1.95 bits per heavy atom. The normalized spacial score (nSPS) is 22.4. The Bertz CT molecular complexity index is 408. The third-order valence-electron chi connectivity index (χ3n) is 4.62. The molecule has 1 aromatic rings. The van der Waals surface area contributed by atoms with E-state index >= 15 is 0 Å². The smallest absolute Gasteiger partial charge is 0.131 e. The van der Waals surface area contributed by atoms with Gasteiger partial charge in [-0.2, -0.15) is 0 Å². The minimum Gasteiger partial charge on any atom is -0.329 e. The largest absolute Gasteiger partial charge is 0.329 e. The van der Waals surface area contributed by atoms with Gasteiger partial charge in [0.1, 0.15) is 5.82 Å². The van der Waals surface area contributed by atoms with E-state index in [1.54, 1.807) is 0 Å². The molecule has 2 heterocycles. The zero-order valence-corrected chi connectivity index (χ0v) is 11.6. The Morgan fingerprint density at radius 1 is 1.16 bits per heavy atom. The second kappa shape index (κ2) is 5.97. The van der Waals surface area contributed by atoms with Gasteiger partial charge in [-0.1, -0.05) is 6.42 Å². The molecule has 1 saturated carbocycles. The van der Waals surface area contributed by atoms with Crippen LogP contribution < -0.4 is 5.73 Å². The van der Waals surface area contributed by atoms with E-state index in [9.17, 15) is 0 Å². The fourth-order valence-electron chi connectivity index (χ4n) is 3.11. The summed E-state index contributed by atoms with van der Waals surface area (Å²) in [6.45, 7) is 4.06. The van der Waals surface area contributed by atoms with E-state index in [0.717, 1.165) is 32.0 Å². The van der Waals surface area contributed by atoms with Crippen LogP contribution in [0, 0.1) is 0 Å². The van der Waals surface area contributed by atoms with Gasteiger partial charge in [-0.3, -0.25) is 0 Å². The topological polar surface area (TPSA) is 55.0 Å². The van der Waals surface area contributed by atoms with Crippen LogP contribution in [0.1, 0.15) is 55.5 Å². The van der Waals surface area contributed by atoms with Crippen LogP contribution in [-0.2, 0) is 0 Å². The van der Waals surface area contributed by atoms with Gasteiger partial charge in [0.2, 0.25) is 0 Å². The molecular weight excluding hydrogens is 236 g/mol. The highest BCUT2D eigenvalue weighted by molar-refractivity contribution is 5.13. The molecule has 4 nitrogen and oxygen atoms in total. The number of aromatic nitrogens is 2. The van der Waals surface area contributed by atoms with Crippen molar-refractivity contribution in [2.45, 2.75) is 43.9 Å². The predicted octanol–water partition coefficient (Wildman–Crippen LogP) is 1.88. The van der Waals surface area contributed by atoms with Gasteiger partial charge in [0.15, 0.2) is 0 Å². The Kier molecular flexibility index (Phi) is 4.09. The highest BCUT2D eigenvalue weighted by Gasteiger charge is 2.25. The second-order valence-corrected chi connectivity index (χ2v) is 5.87. The molecule has 19 heavy (non-hydrogen) atoms. The summed E-state index contributed by atoms with van der Waals surface area (Å²) in [5.41, 5.74) is 6.89. The van der Waals surface area contributed by atoms with Gasteiger partial charge in [-0.05, 0) is 44.8 Å². The van der Waals surface area contributed by atoms with Crippen molar-refractivity contribution in [2.75, 3.05) is 26.2 Å². The third-order valence-corrected chi connectivity index (χ3v) is 4.62. The maximum atomic E-state index is 5.61. The summed E-state index contributed by atoms with van der Waals surface area (Å²) in [5, 5.41) is 0. The number of hydrogen-bond donors (Lipinski definition) is 1. The molecule has 0 radical (unpaired) electrons. The minimum absolute atomic E-state index is 0.550. The first-order chi connectivity index (χ1) is 9.36. The minimum atomic E-state index is 0.550. The number of hydrogen-bond acceptors (Lipinski definition) is 4. The molecule has 0 spiro atoms. The van der Waals surface area contributed by atoms with E-state index in [4.69, 9.17) is 10.7 Å². The number of nitrogens with two attached hydrogens (primary N) is 1. The van der Waals surface area contributed by atoms with Crippen LogP contribution in [-0.4, -0.2) is 41.0 Å². The summed E-state index contributed by atoms with van der Waals surface area (Å²) in [6.07, 6.45) is 8.29. The lowest BCUT2D eigenvalue weighted by atomic mass is 9.82. The number of piperidine rings is 1. The van der Waals surface area contributed by atoms with E-state index in [0.29, 0.717) is 11.8 Å². The van der Waals surface area contributed by atoms with Crippen molar-refractivity contribution in [1.82, 2.24) is 14.9 Å². The van der Waals surface area contributed by atoms with Crippen molar-refractivity contribution in [3.05, 3.63) is 23.8 Å². The van der Waals surface area contributed by atoms with E-state index in [-0.39, 0.29) is 0 Å². The molecular formula is C15H24N4. The van der Waals surface area contributed by atoms with Crippen molar-refractivity contribution in [1.29, 1.82) is 0 Å². The van der Waals surface area contributed by atoms with Crippen LogP contribution in [0.25, 0.3) is 0 Å². The van der Waals surface area contributed by atoms with Gasteiger partial charge < -0.3 is 10.6 Å². The van der Waals surface area contributed by atoms with Gasteiger partial charge in [0.25, 0.3) is 0 Å². The first-order valence-corrected chi connectivity index (χ1v) is 7.62. The monoisotopic (exact) mass is 260 g/mol. The first kappa shape index (κ1) is 13.0. The quantitative estimate of drug-likeness (QED) is 0.898. The van der Waals surface area contributed by atoms with Crippen molar-refractivity contribution in [3.8, 4) is 0 Å². The molecule has 1 aliphatic heterocycles. The van der Waals surface area contributed by atoms with Gasteiger partial charge in [0.05, 0.1) is 0 Å². The maximum Gasteiger partial charge on any atom is 0.131 e. The van der Waals surface area contributed by atoms with E-state index in [1.165, 1.54) is 37.8 Å². The Morgan fingerprint density at radius 3 is 2.58 bits per heavy atom. The maximum absolute atomic E-state index is 5.61. The predicted molar refractivity (Wildman–Crippen MR) is 76.1 cm³/mol. The summed E-state index contributed by atoms with van der Waals surface area (Å²) in [6, 6.07) is 2.11. The summed E-state index contributed by atoms with van der Waals surface area (Å²) in [7, 11) is 0. The molecule has 1 saturated heterocycles. The van der Waals surface area contributed by atoms with E-state index < -0.39 is 0 Å². The molecule has 0 bridgehead atoms. The van der Waals surface area contributed by atoms with Crippen LogP contribution >= 0.6 is 0 Å². The Balaban J connectivity index is 1.63. The molecule has 4 heteroatoms. The molecule has 3 rings (SSSR count). The zero-order chi connectivity index (χ0) is 13.1. The second-order valence-electron chi connectivity index (χ2n) is 5.87. The average Bonchev–Trinajstić information content (AvgIpc) is 2.38. The fraction of sp³-hybridized carbons (Fsp3) is 0.733. The SMILES string of the molecule is NCCN1CCC(c2nccc(C3CCC3)n2)CC1.